The highest BCUT2D eigenvalue weighted by atomic mass is 32.2. The van der Waals surface area contributed by atoms with Crippen LogP contribution in [0, 0.1) is 18.6 Å². The predicted molar refractivity (Wildman–Crippen MR) is 66.0 cm³/mol. The number of nitrogens with one attached hydrogen (secondary N) is 1. The van der Waals surface area contributed by atoms with Crippen LogP contribution in [0.3, 0.4) is 0 Å². The van der Waals surface area contributed by atoms with Gasteiger partial charge in [0, 0.05) is 11.8 Å². The average Bonchev–Trinajstić information content (AvgIpc) is 2.32. The largest absolute Gasteiger partial charge is 0.392 e. The number of aliphatic hydroxyl groups excluding tert-OH is 1. The van der Waals surface area contributed by atoms with E-state index >= 15 is 0 Å². The first-order valence-corrected chi connectivity index (χ1v) is 6.16. The van der Waals surface area contributed by atoms with Crippen LogP contribution in [0.25, 0.3) is 0 Å². The minimum absolute atomic E-state index is 0.111. The lowest BCUT2D eigenvalue weighted by Crippen LogP contribution is -2.08. The number of benzene rings is 1. The first-order valence-electron chi connectivity index (χ1n) is 5.34. The number of aromatic amines is 1. The molecule has 0 radical (unpaired) electrons. The van der Waals surface area contributed by atoms with E-state index in [1.807, 2.05) is 0 Å². The Labute approximate surface area is 111 Å². The van der Waals surface area contributed by atoms with Crippen LogP contribution in [0.2, 0.25) is 0 Å². The average molecular weight is 284 g/mol. The van der Waals surface area contributed by atoms with Crippen LogP contribution in [0.4, 0.5) is 8.78 Å². The van der Waals surface area contributed by atoms with Crippen LogP contribution in [0.1, 0.15) is 11.3 Å². The van der Waals surface area contributed by atoms with Crippen molar-refractivity contribution >= 4 is 11.8 Å². The van der Waals surface area contributed by atoms with Crippen molar-refractivity contribution in [3.63, 3.8) is 0 Å². The summed E-state index contributed by atoms with van der Waals surface area (Å²) >= 11 is 0.690. The van der Waals surface area contributed by atoms with E-state index in [2.05, 4.69) is 9.97 Å². The maximum atomic E-state index is 13.7. The third-order valence-electron chi connectivity index (χ3n) is 2.29. The third kappa shape index (κ3) is 3.18. The minimum atomic E-state index is -0.807. The Kier molecular flexibility index (Phi) is 3.96. The number of halogens is 2. The molecule has 0 saturated carbocycles. The fourth-order valence-corrected chi connectivity index (χ4v) is 2.35. The van der Waals surface area contributed by atoms with Gasteiger partial charge in [-0.05, 0) is 36.4 Å². The van der Waals surface area contributed by atoms with Crippen LogP contribution in [0.15, 0.2) is 33.0 Å². The van der Waals surface area contributed by atoms with Crippen molar-refractivity contribution in [2.24, 2.45) is 0 Å². The Balaban J connectivity index is 2.40. The van der Waals surface area contributed by atoms with Gasteiger partial charge in [-0.15, -0.1) is 0 Å². The smallest absolute Gasteiger partial charge is 0.251 e. The van der Waals surface area contributed by atoms with Crippen molar-refractivity contribution in [3.05, 3.63) is 51.4 Å². The molecule has 0 unspecified atom stereocenters. The molecule has 1 aromatic heterocycles. The summed E-state index contributed by atoms with van der Waals surface area (Å²) in [6.45, 7) is 1.17. The molecule has 0 saturated heterocycles. The predicted octanol–water partition coefficient (Wildman–Crippen LogP) is 2.00. The molecule has 0 bridgehead atoms. The number of aryl methyl sites for hydroxylation is 1. The van der Waals surface area contributed by atoms with Gasteiger partial charge >= 0.3 is 0 Å². The molecule has 2 N–H and O–H groups in total. The van der Waals surface area contributed by atoms with E-state index in [0.29, 0.717) is 17.5 Å². The molecular weight excluding hydrogens is 274 g/mol. The van der Waals surface area contributed by atoms with Gasteiger partial charge in [-0.2, -0.15) is 0 Å². The first-order chi connectivity index (χ1) is 8.99. The Hall–Kier alpha value is -1.73. The summed E-state index contributed by atoms with van der Waals surface area (Å²) in [5.74, 6) is -1.61. The Bertz CT molecular complexity index is 650. The second-order valence-corrected chi connectivity index (χ2v) is 4.84. The van der Waals surface area contributed by atoms with Crippen molar-refractivity contribution < 1.29 is 13.9 Å². The molecule has 0 spiro atoms. The van der Waals surface area contributed by atoms with Crippen molar-refractivity contribution in [2.75, 3.05) is 0 Å². The highest BCUT2D eigenvalue weighted by molar-refractivity contribution is 7.99. The summed E-state index contributed by atoms with van der Waals surface area (Å²) in [5, 5.41) is 8.95. The number of H-pyrrole nitrogens is 1. The molecule has 0 atom stereocenters. The standard InChI is InChI=1S/C12H10F2N2O2S/c1-6-2-10(18)16-12(15-6)19-11-8(13)3-7(5-17)4-9(11)14/h2-4,17H,5H2,1H3,(H,15,16,18). The SMILES string of the molecule is Cc1cc(=O)[nH]c(Sc2c(F)cc(CO)cc2F)n1. The van der Waals surface area contributed by atoms with E-state index in [0.717, 1.165) is 12.1 Å². The lowest BCUT2D eigenvalue weighted by molar-refractivity contribution is 0.280. The minimum Gasteiger partial charge on any atom is -0.392 e. The fraction of sp³-hybridized carbons (Fsp3) is 0.167. The number of hydrogen-bond donors (Lipinski definition) is 2. The zero-order chi connectivity index (χ0) is 14.0. The highest BCUT2D eigenvalue weighted by Gasteiger charge is 2.14. The van der Waals surface area contributed by atoms with Gasteiger partial charge in [-0.3, -0.25) is 4.79 Å². The van der Waals surface area contributed by atoms with Crippen molar-refractivity contribution in [1.29, 1.82) is 0 Å². The third-order valence-corrected chi connectivity index (χ3v) is 3.27. The molecule has 0 aliphatic heterocycles. The number of hydrogen-bond acceptors (Lipinski definition) is 4. The fourth-order valence-electron chi connectivity index (χ4n) is 1.50. The lowest BCUT2D eigenvalue weighted by atomic mass is 10.2. The Morgan fingerprint density at radius 1 is 1.32 bits per heavy atom. The van der Waals surface area contributed by atoms with E-state index in [1.165, 1.54) is 6.07 Å². The first kappa shape index (κ1) is 13.7. The van der Waals surface area contributed by atoms with Gasteiger partial charge in [-0.1, -0.05) is 0 Å². The summed E-state index contributed by atoms with van der Waals surface area (Å²) in [4.78, 5) is 17.3. The maximum Gasteiger partial charge on any atom is 0.251 e. The number of rotatable bonds is 3. The normalized spacial score (nSPS) is 10.7. The summed E-state index contributed by atoms with van der Waals surface area (Å²) in [5.41, 5.74) is 0.215. The monoisotopic (exact) mass is 284 g/mol. The van der Waals surface area contributed by atoms with E-state index in [9.17, 15) is 13.6 Å². The molecule has 2 rings (SSSR count). The topological polar surface area (TPSA) is 66.0 Å². The molecule has 0 amide bonds. The number of nitrogens with zero attached hydrogens (tertiary/aromatic N) is 1. The molecule has 4 nitrogen and oxygen atoms in total. The summed E-state index contributed by atoms with van der Waals surface area (Å²) in [6, 6.07) is 3.37. The molecular formula is C12H10F2N2O2S. The summed E-state index contributed by atoms with van der Waals surface area (Å²) in [7, 11) is 0. The van der Waals surface area contributed by atoms with Crippen LogP contribution in [0.5, 0.6) is 0 Å². The van der Waals surface area contributed by atoms with Crippen molar-refractivity contribution in [2.45, 2.75) is 23.6 Å². The molecule has 0 aliphatic carbocycles. The van der Waals surface area contributed by atoms with Gasteiger partial charge in [-0.25, -0.2) is 13.8 Å². The van der Waals surface area contributed by atoms with E-state index in [1.54, 1.807) is 6.92 Å². The van der Waals surface area contributed by atoms with Gasteiger partial charge < -0.3 is 10.1 Å². The lowest BCUT2D eigenvalue weighted by Gasteiger charge is -2.06. The zero-order valence-electron chi connectivity index (χ0n) is 9.91. The second-order valence-electron chi connectivity index (χ2n) is 3.84. The van der Waals surface area contributed by atoms with Gasteiger partial charge in [0.25, 0.3) is 5.56 Å². The number of aromatic nitrogens is 2. The molecule has 1 aromatic carbocycles. The van der Waals surface area contributed by atoms with Gasteiger partial charge in [0.2, 0.25) is 0 Å². The molecule has 1 heterocycles. The van der Waals surface area contributed by atoms with E-state index < -0.39 is 18.2 Å². The molecule has 7 heteroatoms. The molecule has 0 aliphatic rings. The van der Waals surface area contributed by atoms with Gasteiger partial charge in [0.05, 0.1) is 11.5 Å². The molecule has 100 valence electrons. The summed E-state index contributed by atoms with van der Waals surface area (Å²) in [6.07, 6.45) is 0. The molecule has 19 heavy (non-hydrogen) atoms. The van der Waals surface area contributed by atoms with Crippen molar-refractivity contribution in [3.8, 4) is 0 Å². The van der Waals surface area contributed by atoms with Crippen LogP contribution < -0.4 is 5.56 Å². The second kappa shape index (κ2) is 5.50. The van der Waals surface area contributed by atoms with Crippen molar-refractivity contribution in [1.82, 2.24) is 9.97 Å². The van der Waals surface area contributed by atoms with Crippen LogP contribution in [-0.4, -0.2) is 15.1 Å². The van der Waals surface area contributed by atoms with Gasteiger partial charge in [0.15, 0.2) is 5.16 Å². The Morgan fingerprint density at radius 3 is 2.47 bits per heavy atom. The van der Waals surface area contributed by atoms with Crippen LogP contribution in [-0.2, 0) is 6.61 Å². The molecule has 0 fully saturated rings. The Morgan fingerprint density at radius 2 is 1.95 bits per heavy atom. The highest BCUT2D eigenvalue weighted by Crippen LogP contribution is 2.30. The zero-order valence-corrected chi connectivity index (χ0v) is 10.7. The van der Waals surface area contributed by atoms with Crippen LogP contribution >= 0.6 is 11.8 Å². The van der Waals surface area contributed by atoms with Gasteiger partial charge in [0.1, 0.15) is 11.6 Å². The maximum absolute atomic E-state index is 13.7. The number of aliphatic hydroxyl groups is 1. The molecule has 2 aromatic rings. The summed E-state index contributed by atoms with van der Waals surface area (Å²) < 4.78 is 27.4. The quantitative estimate of drug-likeness (QED) is 0.846. The van der Waals surface area contributed by atoms with E-state index in [4.69, 9.17) is 5.11 Å². The van der Waals surface area contributed by atoms with E-state index in [-0.39, 0.29) is 21.2 Å².